The number of carbonyl (C=O) groups is 5. The summed E-state index contributed by atoms with van der Waals surface area (Å²) in [6.07, 6.45) is 4.53. The minimum absolute atomic E-state index is 0.0938. The van der Waals surface area contributed by atoms with Gasteiger partial charge in [0.05, 0.1) is 19.6 Å². The second-order valence-electron chi connectivity index (χ2n) is 7.94. The Morgan fingerprint density at radius 2 is 1.74 bits per heavy atom. The van der Waals surface area contributed by atoms with Gasteiger partial charge >= 0.3 is 6.09 Å². The Balaban J connectivity index is 1.47. The smallest absolute Gasteiger partial charge is 0.407 e. The largest absolute Gasteiger partial charge is 0.449 e. The molecule has 1 heterocycles. The highest BCUT2D eigenvalue weighted by atomic mass is 16.5. The van der Waals surface area contributed by atoms with Crippen molar-refractivity contribution in [1.82, 2.24) is 15.5 Å². The lowest BCUT2D eigenvalue weighted by Gasteiger charge is -2.28. The fraction of sp³-hybridized carbons (Fsp3) is 0.542. The maximum absolute atomic E-state index is 12.0. The molecule has 0 saturated carbocycles. The van der Waals surface area contributed by atoms with Gasteiger partial charge in [-0.05, 0) is 24.0 Å². The lowest BCUT2D eigenvalue weighted by molar-refractivity contribution is -0.151. The normalized spacial score (nSPS) is 12.6. The molecule has 1 aromatic rings. The predicted octanol–water partition coefficient (Wildman–Crippen LogP) is 1.50. The summed E-state index contributed by atoms with van der Waals surface area (Å²) < 4.78 is 10.3. The fourth-order valence-corrected chi connectivity index (χ4v) is 3.14. The van der Waals surface area contributed by atoms with Gasteiger partial charge in [0.2, 0.25) is 17.7 Å². The molecule has 2 rings (SSSR count). The number of alkyl carbamates (subject to hydrolysis) is 1. The van der Waals surface area contributed by atoms with Crippen LogP contribution in [0.4, 0.5) is 4.79 Å². The van der Waals surface area contributed by atoms with Crippen LogP contribution in [0.2, 0.25) is 0 Å². The van der Waals surface area contributed by atoms with E-state index in [-0.39, 0.29) is 44.0 Å². The molecule has 1 aromatic carbocycles. The van der Waals surface area contributed by atoms with Gasteiger partial charge < -0.3 is 24.9 Å². The van der Waals surface area contributed by atoms with E-state index in [0.717, 1.165) is 36.7 Å². The van der Waals surface area contributed by atoms with Crippen molar-refractivity contribution in [1.29, 1.82) is 0 Å². The number of rotatable bonds is 16. The van der Waals surface area contributed by atoms with E-state index in [0.29, 0.717) is 38.9 Å². The molecule has 4 amide bonds. The summed E-state index contributed by atoms with van der Waals surface area (Å²) in [5.41, 5.74) is 1.70. The van der Waals surface area contributed by atoms with Gasteiger partial charge in [0, 0.05) is 38.9 Å². The third-order valence-electron chi connectivity index (χ3n) is 5.19. The summed E-state index contributed by atoms with van der Waals surface area (Å²) in [6, 6.07) is 7.28. The first-order valence-corrected chi connectivity index (χ1v) is 11.6. The van der Waals surface area contributed by atoms with E-state index >= 15 is 0 Å². The summed E-state index contributed by atoms with van der Waals surface area (Å²) in [7, 11) is 0. The second-order valence-corrected chi connectivity index (χ2v) is 7.94. The third kappa shape index (κ3) is 10.6. The number of carbonyl (C=O) groups excluding carboxylic acids is 5. The Labute approximate surface area is 199 Å². The van der Waals surface area contributed by atoms with Crippen molar-refractivity contribution in [2.75, 3.05) is 32.9 Å². The van der Waals surface area contributed by atoms with Crippen LogP contribution < -0.4 is 10.6 Å². The van der Waals surface area contributed by atoms with Crippen LogP contribution in [0.5, 0.6) is 0 Å². The molecule has 1 fully saturated rings. The SMILES string of the molecule is O=CCCCCCNC(=O)OCCCOCC(=O)NCc1ccc(CC(=O)N2CCC2=O)cc1. The summed E-state index contributed by atoms with van der Waals surface area (Å²) in [4.78, 5) is 58.1. The highest BCUT2D eigenvalue weighted by Crippen LogP contribution is 2.12. The van der Waals surface area contributed by atoms with Crippen LogP contribution >= 0.6 is 0 Å². The molecule has 34 heavy (non-hydrogen) atoms. The number of benzene rings is 1. The van der Waals surface area contributed by atoms with Crippen LogP contribution in [0.15, 0.2) is 24.3 Å². The molecule has 2 N–H and O–H groups in total. The molecule has 0 radical (unpaired) electrons. The van der Waals surface area contributed by atoms with E-state index in [1.165, 1.54) is 4.90 Å². The first-order chi connectivity index (χ1) is 16.5. The van der Waals surface area contributed by atoms with Gasteiger partial charge in [-0.3, -0.25) is 19.3 Å². The van der Waals surface area contributed by atoms with Gasteiger partial charge in [0.25, 0.3) is 0 Å². The Morgan fingerprint density at radius 3 is 2.41 bits per heavy atom. The molecule has 0 spiro atoms. The number of hydrogen-bond donors (Lipinski definition) is 2. The van der Waals surface area contributed by atoms with E-state index in [1.54, 1.807) is 0 Å². The van der Waals surface area contributed by atoms with E-state index < -0.39 is 6.09 Å². The number of amides is 4. The zero-order valence-electron chi connectivity index (χ0n) is 19.4. The quantitative estimate of drug-likeness (QED) is 0.210. The van der Waals surface area contributed by atoms with Crippen LogP contribution in [0.25, 0.3) is 0 Å². The maximum atomic E-state index is 12.0. The van der Waals surface area contributed by atoms with Gasteiger partial charge in [-0.1, -0.05) is 30.7 Å². The lowest BCUT2D eigenvalue weighted by Crippen LogP contribution is -2.48. The van der Waals surface area contributed by atoms with E-state index in [2.05, 4.69) is 10.6 Å². The topological polar surface area (TPSA) is 131 Å². The van der Waals surface area contributed by atoms with Crippen LogP contribution in [0.1, 0.15) is 49.7 Å². The average molecular weight is 476 g/mol. The molecular formula is C24H33N3O7. The molecule has 1 aliphatic heterocycles. The van der Waals surface area contributed by atoms with Crippen molar-refractivity contribution in [2.45, 2.75) is 51.5 Å². The van der Waals surface area contributed by atoms with Crippen molar-refractivity contribution in [3.8, 4) is 0 Å². The Kier molecular flexibility index (Phi) is 12.3. The summed E-state index contributed by atoms with van der Waals surface area (Å²) >= 11 is 0. The Hall–Kier alpha value is -3.27. The molecule has 186 valence electrons. The van der Waals surface area contributed by atoms with E-state index in [4.69, 9.17) is 9.47 Å². The molecule has 0 bridgehead atoms. The highest BCUT2D eigenvalue weighted by molar-refractivity contribution is 6.00. The van der Waals surface area contributed by atoms with Gasteiger partial charge in [-0.2, -0.15) is 0 Å². The Bertz CT molecular complexity index is 826. The molecule has 0 unspecified atom stereocenters. The summed E-state index contributed by atoms with van der Waals surface area (Å²) in [6.45, 7) is 1.73. The standard InChI is InChI=1S/C24H33N3O7/c28-13-4-2-1-3-11-25-24(32)34-15-5-14-33-18-21(29)26-17-20-8-6-19(7-9-20)16-23(31)27-12-10-22(27)30/h6-9,13H,1-5,10-12,14-18H2,(H,25,32)(H,26,29). The fourth-order valence-electron chi connectivity index (χ4n) is 3.14. The number of aldehydes is 1. The van der Waals surface area contributed by atoms with Crippen molar-refractivity contribution >= 4 is 30.1 Å². The number of imide groups is 1. The van der Waals surface area contributed by atoms with Crippen molar-refractivity contribution in [3.63, 3.8) is 0 Å². The third-order valence-corrected chi connectivity index (χ3v) is 5.19. The molecule has 1 aliphatic rings. The number of nitrogens with one attached hydrogen (secondary N) is 2. The molecule has 0 aromatic heterocycles. The summed E-state index contributed by atoms with van der Waals surface area (Å²) in [5.74, 6) is -0.578. The van der Waals surface area contributed by atoms with E-state index in [9.17, 15) is 24.0 Å². The molecule has 10 heteroatoms. The van der Waals surface area contributed by atoms with Crippen LogP contribution in [0.3, 0.4) is 0 Å². The van der Waals surface area contributed by atoms with Crippen molar-refractivity contribution < 1.29 is 33.4 Å². The number of hydrogen-bond acceptors (Lipinski definition) is 7. The van der Waals surface area contributed by atoms with Gasteiger partial charge in [-0.15, -0.1) is 0 Å². The minimum atomic E-state index is -0.488. The van der Waals surface area contributed by atoms with Gasteiger partial charge in [0.1, 0.15) is 12.9 Å². The first kappa shape index (κ1) is 27.0. The zero-order chi connectivity index (χ0) is 24.6. The second kappa shape index (κ2) is 15.5. The molecule has 0 aliphatic carbocycles. The van der Waals surface area contributed by atoms with Crippen LogP contribution in [-0.4, -0.2) is 67.9 Å². The monoisotopic (exact) mass is 475 g/mol. The molecule has 0 atom stereocenters. The number of unbranched alkanes of at least 4 members (excludes halogenated alkanes) is 3. The number of nitrogens with zero attached hydrogens (tertiary/aromatic N) is 1. The number of likely N-dealkylation sites (tertiary alicyclic amines) is 1. The predicted molar refractivity (Wildman–Crippen MR) is 123 cm³/mol. The van der Waals surface area contributed by atoms with Crippen LogP contribution in [-0.2, 0) is 41.6 Å². The van der Waals surface area contributed by atoms with Crippen molar-refractivity contribution in [2.24, 2.45) is 0 Å². The summed E-state index contributed by atoms with van der Waals surface area (Å²) in [5, 5.41) is 5.39. The zero-order valence-corrected chi connectivity index (χ0v) is 19.4. The van der Waals surface area contributed by atoms with Gasteiger partial charge in [-0.25, -0.2) is 4.79 Å². The Morgan fingerprint density at radius 1 is 0.971 bits per heavy atom. The maximum Gasteiger partial charge on any atom is 0.407 e. The highest BCUT2D eigenvalue weighted by Gasteiger charge is 2.29. The van der Waals surface area contributed by atoms with Crippen molar-refractivity contribution in [3.05, 3.63) is 35.4 Å². The number of β-lactam (4-membered cyclic amide) rings is 1. The van der Waals surface area contributed by atoms with Gasteiger partial charge in [0.15, 0.2) is 0 Å². The average Bonchev–Trinajstić information content (AvgIpc) is 2.82. The minimum Gasteiger partial charge on any atom is -0.449 e. The molecule has 1 saturated heterocycles. The van der Waals surface area contributed by atoms with E-state index in [1.807, 2.05) is 24.3 Å². The first-order valence-electron chi connectivity index (χ1n) is 11.6. The molecule has 10 nitrogen and oxygen atoms in total. The lowest BCUT2D eigenvalue weighted by atomic mass is 10.1. The van der Waals surface area contributed by atoms with Crippen LogP contribution in [0, 0.1) is 0 Å². The number of ether oxygens (including phenoxy) is 2. The molecular weight excluding hydrogens is 442 g/mol.